The molecule has 0 N–H and O–H groups in total. The molecule has 0 aromatic rings. The topological polar surface area (TPSA) is 26.3 Å². The molecule has 2 heteroatoms. The van der Waals surface area contributed by atoms with E-state index in [4.69, 9.17) is 0 Å². The van der Waals surface area contributed by atoms with Crippen LogP contribution in [0.2, 0.25) is 0 Å². The first-order valence-electron chi connectivity index (χ1n) is 8.97. The summed E-state index contributed by atoms with van der Waals surface area (Å²) in [5.74, 6) is 0. The Kier molecular flexibility index (Phi) is 18.0. The van der Waals surface area contributed by atoms with Crippen molar-refractivity contribution in [3.63, 3.8) is 0 Å². The van der Waals surface area contributed by atoms with Crippen LogP contribution in [0.1, 0.15) is 103 Å². The largest absolute Gasteiger partial charge is 0.468 e. The second kappa shape index (κ2) is 18.5. The number of rotatable bonds is 17. The lowest BCUT2D eigenvalue weighted by Gasteiger charge is -2.03. The summed E-state index contributed by atoms with van der Waals surface area (Å²) in [5.41, 5.74) is 0. The van der Waals surface area contributed by atoms with E-state index in [-0.39, 0.29) is 0 Å². The van der Waals surface area contributed by atoms with Gasteiger partial charge in [0.1, 0.15) is 0 Å². The molecule has 0 radical (unpaired) electrons. The van der Waals surface area contributed by atoms with Crippen LogP contribution in [0.5, 0.6) is 0 Å². The minimum absolute atomic E-state index is 0.545. The van der Waals surface area contributed by atoms with Gasteiger partial charge in [0.25, 0.3) is 6.47 Å². The molecule has 20 heavy (non-hydrogen) atoms. The number of unbranched alkanes of at least 4 members (excludes halogenated alkanes) is 14. The highest BCUT2D eigenvalue weighted by Crippen LogP contribution is 2.13. The fourth-order valence-corrected chi connectivity index (χ4v) is 2.60. The molecule has 2 nitrogen and oxygen atoms in total. The van der Waals surface area contributed by atoms with E-state index in [9.17, 15) is 4.79 Å². The number of carbonyl (C=O) groups excluding carboxylic acids is 1. The van der Waals surface area contributed by atoms with Gasteiger partial charge < -0.3 is 4.74 Å². The predicted octanol–water partition coefficient (Wildman–Crippen LogP) is 6.03. The highest BCUT2D eigenvalue weighted by Gasteiger charge is 1.94. The van der Waals surface area contributed by atoms with E-state index in [0.717, 1.165) is 6.42 Å². The number of carbonyl (C=O) groups is 1. The Morgan fingerprint density at radius 2 is 0.950 bits per heavy atom. The molecule has 0 atom stereocenters. The van der Waals surface area contributed by atoms with Crippen LogP contribution >= 0.6 is 0 Å². The molecule has 0 spiro atoms. The van der Waals surface area contributed by atoms with E-state index in [2.05, 4.69) is 11.7 Å². The van der Waals surface area contributed by atoms with Crippen LogP contribution in [0.15, 0.2) is 0 Å². The maximum absolute atomic E-state index is 9.93. The van der Waals surface area contributed by atoms with Crippen LogP contribution in [0, 0.1) is 0 Å². The lowest BCUT2D eigenvalue weighted by Crippen LogP contribution is -1.91. The normalized spacial score (nSPS) is 10.7. The van der Waals surface area contributed by atoms with E-state index in [1.165, 1.54) is 89.9 Å². The van der Waals surface area contributed by atoms with Crippen LogP contribution in [-0.2, 0) is 9.53 Å². The second-order valence-corrected chi connectivity index (χ2v) is 5.92. The van der Waals surface area contributed by atoms with Crippen molar-refractivity contribution in [1.82, 2.24) is 0 Å². The Hall–Kier alpha value is -0.530. The zero-order chi connectivity index (χ0) is 14.7. The third-order valence-electron chi connectivity index (χ3n) is 3.93. The van der Waals surface area contributed by atoms with Gasteiger partial charge in [-0.05, 0) is 6.42 Å². The van der Waals surface area contributed by atoms with Crippen LogP contribution in [-0.4, -0.2) is 13.1 Å². The van der Waals surface area contributed by atoms with Gasteiger partial charge in [0.05, 0.1) is 6.61 Å². The summed E-state index contributed by atoms with van der Waals surface area (Å²) >= 11 is 0. The van der Waals surface area contributed by atoms with Crippen molar-refractivity contribution in [2.24, 2.45) is 0 Å². The van der Waals surface area contributed by atoms with Gasteiger partial charge in [-0.15, -0.1) is 0 Å². The molecule has 0 aromatic carbocycles. The van der Waals surface area contributed by atoms with Crippen LogP contribution in [0.4, 0.5) is 0 Å². The SMILES string of the molecule is CCCCCCCCCCCCCCCCCOC=O. The lowest BCUT2D eigenvalue weighted by atomic mass is 10.0. The first kappa shape index (κ1) is 19.5. The fraction of sp³-hybridized carbons (Fsp3) is 0.944. The summed E-state index contributed by atoms with van der Waals surface area (Å²) in [6.07, 6.45) is 20.5. The van der Waals surface area contributed by atoms with Crippen molar-refractivity contribution < 1.29 is 9.53 Å². The van der Waals surface area contributed by atoms with E-state index >= 15 is 0 Å². The predicted molar refractivity (Wildman–Crippen MR) is 86.9 cm³/mol. The number of hydrogen-bond acceptors (Lipinski definition) is 2. The van der Waals surface area contributed by atoms with Crippen LogP contribution in [0.3, 0.4) is 0 Å². The first-order valence-corrected chi connectivity index (χ1v) is 8.97. The van der Waals surface area contributed by atoms with E-state index in [1.54, 1.807) is 0 Å². The zero-order valence-electron chi connectivity index (χ0n) is 13.7. The summed E-state index contributed by atoms with van der Waals surface area (Å²) in [5, 5.41) is 0. The minimum atomic E-state index is 0.545. The van der Waals surface area contributed by atoms with Crippen molar-refractivity contribution in [3.05, 3.63) is 0 Å². The van der Waals surface area contributed by atoms with Crippen molar-refractivity contribution in [2.75, 3.05) is 6.61 Å². The molecular weight excluding hydrogens is 248 g/mol. The van der Waals surface area contributed by atoms with E-state index in [1.807, 2.05) is 0 Å². The molecule has 0 fully saturated rings. The summed E-state index contributed by atoms with van der Waals surface area (Å²) in [6, 6.07) is 0. The quantitative estimate of drug-likeness (QED) is 0.241. The molecule has 0 bridgehead atoms. The molecule has 0 amide bonds. The molecule has 0 aromatic heterocycles. The lowest BCUT2D eigenvalue weighted by molar-refractivity contribution is -0.128. The Bertz CT molecular complexity index is 180. The van der Waals surface area contributed by atoms with E-state index in [0.29, 0.717) is 13.1 Å². The van der Waals surface area contributed by atoms with Crippen LogP contribution < -0.4 is 0 Å². The van der Waals surface area contributed by atoms with Crippen molar-refractivity contribution in [3.8, 4) is 0 Å². The molecule has 0 saturated heterocycles. The third kappa shape index (κ3) is 17.5. The Morgan fingerprint density at radius 1 is 0.600 bits per heavy atom. The van der Waals surface area contributed by atoms with Gasteiger partial charge in [0, 0.05) is 0 Å². The Morgan fingerprint density at radius 3 is 1.30 bits per heavy atom. The molecule has 0 aliphatic carbocycles. The smallest absolute Gasteiger partial charge is 0.293 e. The van der Waals surface area contributed by atoms with Gasteiger partial charge in [0.15, 0.2) is 0 Å². The summed E-state index contributed by atoms with van der Waals surface area (Å²) < 4.78 is 4.67. The molecular formula is C18H36O2. The highest BCUT2D eigenvalue weighted by atomic mass is 16.5. The molecule has 0 aliphatic rings. The molecule has 0 saturated carbocycles. The monoisotopic (exact) mass is 284 g/mol. The minimum Gasteiger partial charge on any atom is -0.468 e. The molecule has 0 aliphatic heterocycles. The fourth-order valence-electron chi connectivity index (χ4n) is 2.60. The van der Waals surface area contributed by atoms with Gasteiger partial charge in [-0.1, -0.05) is 96.8 Å². The summed E-state index contributed by atoms with van der Waals surface area (Å²) in [7, 11) is 0. The average molecular weight is 284 g/mol. The molecule has 120 valence electrons. The zero-order valence-corrected chi connectivity index (χ0v) is 13.7. The second-order valence-electron chi connectivity index (χ2n) is 5.92. The maximum atomic E-state index is 9.93. The molecule has 0 heterocycles. The molecule has 0 rings (SSSR count). The van der Waals surface area contributed by atoms with E-state index < -0.39 is 0 Å². The van der Waals surface area contributed by atoms with Crippen molar-refractivity contribution in [1.29, 1.82) is 0 Å². The van der Waals surface area contributed by atoms with Gasteiger partial charge in [-0.25, -0.2) is 0 Å². The number of ether oxygens (including phenoxy) is 1. The average Bonchev–Trinajstić information content (AvgIpc) is 2.47. The van der Waals surface area contributed by atoms with Gasteiger partial charge >= 0.3 is 0 Å². The van der Waals surface area contributed by atoms with Gasteiger partial charge in [-0.2, -0.15) is 0 Å². The Balaban J connectivity index is 2.90. The standard InChI is InChI=1S/C18H36O2/c1-2-3-4-5-6-7-8-9-10-11-12-13-14-15-16-17-20-18-19/h18H,2-17H2,1H3. The maximum Gasteiger partial charge on any atom is 0.293 e. The summed E-state index contributed by atoms with van der Waals surface area (Å²) in [4.78, 5) is 9.93. The summed E-state index contributed by atoms with van der Waals surface area (Å²) in [6.45, 7) is 3.42. The third-order valence-corrected chi connectivity index (χ3v) is 3.93. The number of hydrogen-bond donors (Lipinski definition) is 0. The van der Waals surface area contributed by atoms with Crippen molar-refractivity contribution >= 4 is 6.47 Å². The highest BCUT2D eigenvalue weighted by molar-refractivity contribution is 5.36. The van der Waals surface area contributed by atoms with Gasteiger partial charge in [0.2, 0.25) is 0 Å². The Labute approximate surface area is 126 Å². The first-order chi connectivity index (χ1) is 9.91. The van der Waals surface area contributed by atoms with Crippen LogP contribution in [0.25, 0.3) is 0 Å². The molecule has 0 unspecified atom stereocenters. The van der Waals surface area contributed by atoms with Crippen molar-refractivity contribution in [2.45, 2.75) is 103 Å². The van der Waals surface area contributed by atoms with Gasteiger partial charge in [-0.3, -0.25) is 4.79 Å².